The number of carbonyl (C=O) groups excluding carboxylic acids is 2. The molecule has 0 fully saturated rings. The van der Waals surface area contributed by atoms with Crippen molar-refractivity contribution in [1.29, 1.82) is 0 Å². The topological polar surface area (TPSA) is 105 Å². The Morgan fingerprint density at radius 1 is 1.20 bits per heavy atom. The summed E-state index contributed by atoms with van der Waals surface area (Å²) in [5.41, 5.74) is 0. The van der Waals surface area contributed by atoms with Gasteiger partial charge in [0.2, 0.25) is 0 Å². The van der Waals surface area contributed by atoms with E-state index in [1.165, 1.54) is 7.11 Å². The second-order valence-electron chi connectivity index (χ2n) is 4.88. The number of nitrogens with one attached hydrogen (secondary N) is 2. The molecule has 2 amide bonds. The highest BCUT2D eigenvalue weighted by atomic mass is 16.5. The molecule has 0 saturated heterocycles. The number of carboxylic acid groups (broad SMARTS) is 1. The third-order valence-electron chi connectivity index (χ3n) is 3.03. The van der Waals surface area contributed by atoms with Gasteiger partial charge in [-0.05, 0) is 18.8 Å². The first kappa shape index (κ1) is 18.2. The van der Waals surface area contributed by atoms with E-state index in [4.69, 9.17) is 5.11 Å². The van der Waals surface area contributed by atoms with Crippen LogP contribution in [-0.2, 0) is 14.3 Å². The quantitative estimate of drug-likeness (QED) is 0.581. The first-order chi connectivity index (χ1) is 9.31. The normalized spacial score (nSPS) is 13.4. The number of ether oxygens (including phenoxy) is 1. The van der Waals surface area contributed by atoms with E-state index < -0.39 is 24.0 Å². The molecule has 0 spiro atoms. The molecule has 0 aliphatic rings. The summed E-state index contributed by atoms with van der Waals surface area (Å²) < 4.78 is 4.44. The SMILES string of the molecule is CCC(NC(=O)N[C@@H](CCC(=O)OC)C(=O)O)C(C)C. The number of esters is 1. The molecule has 0 bridgehead atoms. The lowest BCUT2D eigenvalue weighted by molar-refractivity contribution is -0.142. The number of hydrogen-bond acceptors (Lipinski definition) is 4. The van der Waals surface area contributed by atoms with Crippen molar-refractivity contribution in [2.75, 3.05) is 7.11 Å². The zero-order valence-electron chi connectivity index (χ0n) is 12.4. The Morgan fingerprint density at radius 2 is 1.80 bits per heavy atom. The Balaban J connectivity index is 4.40. The maximum atomic E-state index is 11.7. The highest BCUT2D eigenvalue weighted by Crippen LogP contribution is 2.05. The average Bonchev–Trinajstić information content (AvgIpc) is 2.39. The van der Waals surface area contributed by atoms with Crippen LogP contribution in [0.4, 0.5) is 4.79 Å². The van der Waals surface area contributed by atoms with Crippen molar-refractivity contribution in [3.63, 3.8) is 0 Å². The van der Waals surface area contributed by atoms with Crippen LogP contribution in [0.3, 0.4) is 0 Å². The molecule has 2 atom stereocenters. The Morgan fingerprint density at radius 3 is 2.20 bits per heavy atom. The minimum Gasteiger partial charge on any atom is -0.480 e. The van der Waals surface area contributed by atoms with E-state index in [1.54, 1.807) is 0 Å². The smallest absolute Gasteiger partial charge is 0.326 e. The molecule has 0 rings (SSSR count). The third kappa shape index (κ3) is 6.96. The lowest BCUT2D eigenvalue weighted by atomic mass is 10.0. The van der Waals surface area contributed by atoms with Gasteiger partial charge < -0.3 is 20.5 Å². The van der Waals surface area contributed by atoms with Crippen LogP contribution in [-0.4, -0.2) is 42.3 Å². The zero-order chi connectivity index (χ0) is 15.7. The van der Waals surface area contributed by atoms with Crippen LogP contribution in [0, 0.1) is 5.92 Å². The van der Waals surface area contributed by atoms with E-state index in [0.717, 1.165) is 6.42 Å². The van der Waals surface area contributed by atoms with Crippen molar-refractivity contribution in [2.45, 2.75) is 52.1 Å². The third-order valence-corrected chi connectivity index (χ3v) is 3.03. The second kappa shape index (κ2) is 9.17. The van der Waals surface area contributed by atoms with Crippen molar-refractivity contribution in [3.05, 3.63) is 0 Å². The van der Waals surface area contributed by atoms with Gasteiger partial charge in [0, 0.05) is 12.5 Å². The molecule has 0 heterocycles. The van der Waals surface area contributed by atoms with E-state index in [-0.39, 0.29) is 24.8 Å². The summed E-state index contributed by atoms with van der Waals surface area (Å²) in [5.74, 6) is -1.43. The van der Waals surface area contributed by atoms with Gasteiger partial charge >= 0.3 is 18.0 Å². The minimum absolute atomic E-state index is 0.00605. The Labute approximate surface area is 119 Å². The van der Waals surface area contributed by atoms with Crippen molar-refractivity contribution in [2.24, 2.45) is 5.92 Å². The summed E-state index contributed by atoms with van der Waals surface area (Å²) in [6.45, 7) is 5.89. The molecule has 1 unspecified atom stereocenters. The van der Waals surface area contributed by atoms with Gasteiger partial charge in [-0.15, -0.1) is 0 Å². The molecule has 7 heteroatoms. The fourth-order valence-electron chi connectivity index (χ4n) is 1.73. The van der Waals surface area contributed by atoms with Gasteiger partial charge in [-0.2, -0.15) is 0 Å². The van der Waals surface area contributed by atoms with Gasteiger partial charge in [0.25, 0.3) is 0 Å². The van der Waals surface area contributed by atoms with E-state index in [0.29, 0.717) is 0 Å². The second-order valence-corrected chi connectivity index (χ2v) is 4.88. The number of methoxy groups -OCH3 is 1. The molecule has 0 radical (unpaired) electrons. The lowest BCUT2D eigenvalue weighted by Gasteiger charge is -2.22. The molecular formula is C13H24N2O5. The van der Waals surface area contributed by atoms with Gasteiger partial charge in [0.15, 0.2) is 0 Å². The summed E-state index contributed by atoms with van der Waals surface area (Å²) in [6.07, 6.45) is 0.689. The number of aliphatic carboxylic acids is 1. The fraction of sp³-hybridized carbons (Fsp3) is 0.769. The van der Waals surface area contributed by atoms with Gasteiger partial charge in [-0.25, -0.2) is 9.59 Å². The first-order valence-electron chi connectivity index (χ1n) is 6.68. The molecule has 0 saturated carbocycles. The monoisotopic (exact) mass is 288 g/mol. The van der Waals surface area contributed by atoms with Crippen LogP contribution in [0.15, 0.2) is 0 Å². The predicted molar refractivity (Wildman–Crippen MR) is 73.3 cm³/mol. The molecule has 0 aromatic heterocycles. The zero-order valence-corrected chi connectivity index (χ0v) is 12.4. The van der Waals surface area contributed by atoms with E-state index in [1.807, 2.05) is 20.8 Å². The molecule has 0 aliphatic carbocycles. The number of rotatable bonds is 8. The molecule has 7 nitrogen and oxygen atoms in total. The summed E-state index contributed by atoms with van der Waals surface area (Å²) >= 11 is 0. The van der Waals surface area contributed by atoms with Crippen LogP contribution >= 0.6 is 0 Å². The van der Waals surface area contributed by atoms with Crippen molar-refractivity contribution < 1.29 is 24.2 Å². The Hall–Kier alpha value is -1.79. The molecular weight excluding hydrogens is 264 g/mol. The molecule has 0 aromatic carbocycles. The van der Waals surface area contributed by atoms with Crippen LogP contribution in [0.5, 0.6) is 0 Å². The lowest BCUT2D eigenvalue weighted by Crippen LogP contribution is -2.50. The summed E-state index contributed by atoms with van der Waals surface area (Å²) in [4.78, 5) is 33.8. The Bertz CT molecular complexity index is 344. The van der Waals surface area contributed by atoms with E-state index in [2.05, 4.69) is 15.4 Å². The first-order valence-corrected chi connectivity index (χ1v) is 6.68. The molecule has 116 valence electrons. The molecule has 0 aliphatic heterocycles. The van der Waals surface area contributed by atoms with Crippen LogP contribution in [0.2, 0.25) is 0 Å². The van der Waals surface area contributed by atoms with Gasteiger partial charge in [-0.1, -0.05) is 20.8 Å². The average molecular weight is 288 g/mol. The summed E-state index contributed by atoms with van der Waals surface area (Å²) in [6, 6.07) is -1.67. The van der Waals surface area contributed by atoms with Crippen molar-refractivity contribution in [1.82, 2.24) is 10.6 Å². The fourth-order valence-corrected chi connectivity index (χ4v) is 1.73. The number of amides is 2. The Kier molecular flexibility index (Phi) is 8.35. The highest BCUT2D eigenvalue weighted by molar-refractivity contribution is 5.83. The largest absolute Gasteiger partial charge is 0.480 e. The predicted octanol–water partition coefficient (Wildman–Crippen LogP) is 1.13. The number of carboxylic acids is 1. The summed E-state index contributed by atoms with van der Waals surface area (Å²) in [7, 11) is 1.23. The molecule has 0 aromatic rings. The molecule has 3 N–H and O–H groups in total. The maximum Gasteiger partial charge on any atom is 0.326 e. The van der Waals surface area contributed by atoms with E-state index in [9.17, 15) is 14.4 Å². The number of hydrogen-bond donors (Lipinski definition) is 3. The maximum absolute atomic E-state index is 11.7. The minimum atomic E-state index is -1.18. The summed E-state index contributed by atoms with van der Waals surface area (Å²) in [5, 5.41) is 14.1. The standard InChI is InChI=1S/C13H24N2O5/c1-5-9(8(2)3)14-13(19)15-10(12(17)18)6-7-11(16)20-4/h8-10H,5-7H2,1-4H3,(H,17,18)(H2,14,15,19)/t9?,10-/m0/s1. The highest BCUT2D eigenvalue weighted by Gasteiger charge is 2.22. The van der Waals surface area contributed by atoms with Crippen LogP contribution in [0.25, 0.3) is 0 Å². The van der Waals surface area contributed by atoms with Gasteiger partial charge in [0.1, 0.15) is 6.04 Å². The van der Waals surface area contributed by atoms with Crippen LogP contribution in [0.1, 0.15) is 40.0 Å². The number of urea groups is 1. The molecule has 20 heavy (non-hydrogen) atoms. The van der Waals surface area contributed by atoms with E-state index >= 15 is 0 Å². The van der Waals surface area contributed by atoms with Crippen molar-refractivity contribution in [3.8, 4) is 0 Å². The van der Waals surface area contributed by atoms with Gasteiger partial charge in [0.05, 0.1) is 7.11 Å². The van der Waals surface area contributed by atoms with Gasteiger partial charge in [-0.3, -0.25) is 4.79 Å². The number of carbonyl (C=O) groups is 3. The van der Waals surface area contributed by atoms with Crippen LogP contribution < -0.4 is 10.6 Å². The van der Waals surface area contributed by atoms with Crippen molar-refractivity contribution >= 4 is 18.0 Å².